The summed E-state index contributed by atoms with van der Waals surface area (Å²) < 4.78 is 37.9. The highest BCUT2D eigenvalue weighted by Crippen LogP contribution is 2.35. The summed E-state index contributed by atoms with van der Waals surface area (Å²) in [5.41, 5.74) is 4.85. The molecule has 0 radical (unpaired) electrons. The smallest absolute Gasteiger partial charge is 0.335 e. The van der Waals surface area contributed by atoms with Crippen LogP contribution in [0.25, 0.3) is 6.08 Å². The minimum Gasteiger partial charge on any atom is -0.335 e. The number of carbonyl (C=O) groups excluding carboxylic acids is 2. The number of alkyl halides is 3. The van der Waals surface area contributed by atoms with Crippen LogP contribution in [0.15, 0.2) is 42.6 Å². The average Bonchev–Trinajstić information content (AvgIpc) is 3.21. The van der Waals surface area contributed by atoms with Crippen LogP contribution < -0.4 is 0 Å². The minimum absolute atomic E-state index is 0.0461. The van der Waals surface area contributed by atoms with Gasteiger partial charge in [-0.3, -0.25) is 19.5 Å². The standard InChI is InChI=1S/C25H25F3N4O2/c1-16-2-7-22(29-13-16)21-6-3-17-12-18(4-5-20(17)21)23(33)32-14-19(15-32)30-8-10-31(11-9-30)24(34)25(26,27)28/h2-7,12-13,19,21H,8-11,14-15H2,1H3. The molecule has 9 heteroatoms. The van der Waals surface area contributed by atoms with Gasteiger partial charge in [0.05, 0.1) is 5.69 Å². The Labute approximate surface area is 195 Å². The Bertz CT molecular complexity index is 1130. The fraction of sp³-hybridized carbons (Fsp3) is 0.400. The Hall–Kier alpha value is -3.20. The van der Waals surface area contributed by atoms with E-state index in [1.807, 2.05) is 49.5 Å². The second kappa shape index (κ2) is 8.54. The quantitative estimate of drug-likeness (QED) is 0.692. The number of carbonyl (C=O) groups is 2. The molecule has 34 heavy (non-hydrogen) atoms. The van der Waals surface area contributed by atoms with E-state index in [1.165, 1.54) is 0 Å². The van der Waals surface area contributed by atoms with Gasteiger partial charge in [0.25, 0.3) is 5.91 Å². The lowest BCUT2D eigenvalue weighted by atomic mass is 9.95. The van der Waals surface area contributed by atoms with Gasteiger partial charge in [0, 0.05) is 63.0 Å². The van der Waals surface area contributed by atoms with Gasteiger partial charge < -0.3 is 9.80 Å². The number of halogens is 3. The van der Waals surface area contributed by atoms with Crippen molar-refractivity contribution in [1.82, 2.24) is 19.7 Å². The number of rotatable bonds is 3. The van der Waals surface area contributed by atoms with Crippen LogP contribution in [0.1, 0.15) is 38.7 Å². The van der Waals surface area contributed by atoms with E-state index in [1.54, 1.807) is 4.90 Å². The van der Waals surface area contributed by atoms with E-state index in [0.717, 1.165) is 27.3 Å². The summed E-state index contributed by atoms with van der Waals surface area (Å²) in [6, 6.07) is 9.93. The Kier molecular flexibility index (Phi) is 5.67. The summed E-state index contributed by atoms with van der Waals surface area (Å²) in [5.74, 6) is -1.74. The zero-order chi connectivity index (χ0) is 24.0. The van der Waals surface area contributed by atoms with Crippen molar-refractivity contribution in [1.29, 1.82) is 0 Å². The van der Waals surface area contributed by atoms with Crippen molar-refractivity contribution in [2.24, 2.45) is 0 Å². The predicted octanol–water partition coefficient (Wildman–Crippen LogP) is 3.08. The summed E-state index contributed by atoms with van der Waals surface area (Å²) >= 11 is 0. The number of aryl methyl sites for hydroxylation is 1. The van der Waals surface area contributed by atoms with Crippen LogP contribution in [0.5, 0.6) is 0 Å². The van der Waals surface area contributed by atoms with Crippen molar-refractivity contribution in [2.45, 2.75) is 25.1 Å². The monoisotopic (exact) mass is 470 g/mol. The second-order valence-electron chi connectivity index (χ2n) is 9.13. The lowest BCUT2D eigenvalue weighted by Gasteiger charge is -2.48. The van der Waals surface area contributed by atoms with Crippen molar-refractivity contribution >= 4 is 17.9 Å². The predicted molar refractivity (Wildman–Crippen MR) is 120 cm³/mol. The molecule has 3 heterocycles. The molecule has 5 rings (SSSR count). The molecule has 2 aliphatic heterocycles. The van der Waals surface area contributed by atoms with Crippen LogP contribution in [0.4, 0.5) is 13.2 Å². The first-order valence-electron chi connectivity index (χ1n) is 11.3. The van der Waals surface area contributed by atoms with E-state index in [0.29, 0.717) is 31.7 Å². The maximum Gasteiger partial charge on any atom is 0.471 e. The molecule has 0 spiro atoms. The Morgan fingerprint density at radius 3 is 2.38 bits per heavy atom. The molecular weight excluding hydrogens is 445 g/mol. The molecule has 2 fully saturated rings. The van der Waals surface area contributed by atoms with Gasteiger partial charge in [-0.1, -0.05) is 24.3 Å². The summed E-state index contributed by atoms with van der Waals surface area (Å²) in [6.45, 7) is 3.94. The van der Waals surface area contributed by atoms with Gasteiger partial charge in [0.1, 0.15) is 0 Å². The molecule has 0 saturated carbocycles. The Morgan fingerprint density at radius 1 is 1.00 bits per heavy atom. The second-order valence-corrected chi connectivity index (χ2v) is 9.13. The normalized spacial score (nSPS) is 20.9. The zero-order valence-electron chi connectivity index (χ0n) is 18.8. The number of likely N-dealkylation sites (tertiary alicyclic amines) is 1. The molecule has 3 aliphatic rings. The van der Waals surface area contributed by atoms with Crippen molar-refractivity contribution < 1.29 is 22.8 Å². The Balaban J connectivity index is 1.17. The molecule has 2 saturated heterocycles. The van der Waals surface area contributed by atoms with Gasteiger partial charge in [-0.05, 0) is 41.8 Å². The summed E-state index contributed by atoms with van der Waals surface area (Å²) in [5, 5.41) is 0. The molecule has 2 aromatic rings. The van der Waals surface area contributed by atoms with Crippen LogP contribution in [0, 0.1) is 6.92 Å². The van der Waals surface area contributed by atoms with Crippen LogP contribution in [0.2, 0.25) is 0 Å². The number of pyridine rings is 1. The summed E-state index contributed by atoms with van der Waals surface area (Å²) in [6.07, 6.45) is 1.15. The molecule has 0 N–H and O–H groups in total. The number of amides is 2. The number of benzene rings is 1. The van der Waals surface area contributed by atoms with Gasteiger partial charge in [-0.25, -0.2) is 0 Å². The van der Waals surface area contributed by atoms with E-state index < -0.39 is 12.1 Å². The van der Waals surface area contributed by atoms with Gasteiger partial charge in [0.15, 0.2) is 0 Å². The first-order chi connectivity index (χ1) is 16.2. The van der Waals surface area contributed by atoms with Gasteiger partial charge in [0.2, 0.25) is 0 Å². The fourth-order valence-corrected chi connectivity index (χ4v) is 4.86. The third kappa shape index (κ3) is 4.20. The maximum absolute atomic E-state index is 13.0. The van der Waals surface area contributed by atoms with E-state index in [2.05, 4.69) is 16.0 Å². The highest BCUT2D eigenvalue weighted by atomic mass is 19.4. The van der Waals surface area contributed by atoms with Crippen LogP contribution in [-0.2, 0) is 4.79 Å². The van der Waals surface area contributed by atoms with E-state index in [9.17, 15) is 22.8 Å². The first-order valence-corrected chi connectivity index (χ1v) is 11.3. The third-order valence-corrected chi connectivity index (χ3v) is 6.90. The van der Waals surface area contributed by atoms with Gasteiger partial charge >= 0.3 is 12.1 Å². The molecule has 0 bridgehead atoms. The van der Waals surface area contributed by atoms with Gasteiger partial charge in [-0.2, -0.15) is 13.2 Å². The molecular formula is C25H25F3N4O2. The van der Waals surface area contributed by atoms with E-state index in [-0.39, 0.29) is 31.0 Å². The highest BCUT2D eigenvalue weighted by Gasteiger charge is 2.44. The van der Waals surface area contributed by atoms with Crippen molar-refractivity contribution in [3.05, 3.63) is 70.6 Å². The van der Waals surface area contributed by atoms with E-state index in [4.69, 9.17) is 0 Å². The molecule has 1 aromatic heterocycles. The van der Waals surface area contributed by atoms with Crippen molar-refractivity contribution in [3.8, 4) is 0 Å². The van der Waals surface area contributed by atoms with E-state index >= 15 is 0 Å². The van der Waals surface area contributed by atoms with Crippen molar-refractivity contribution in [3.63, 3.8) is 0 Å². The molecule has 1 aliphatic carbocycles. The lowest BCUT2D eigenvalue weighted by Crippen LogP contribution is -2.65. The molecule has 6 nitrogen and oxygen atoms in total. The Morgan fingerprint density at radius 2 is 1.74 bits per heavy atom. The minimum atomic E-state index is -4.83. The first kappa shape index (κ1) is 22.6. The number of hydrogen-bond donors (Lipinski definition) is 0. The lowest BCUT2D eigenvalue weighted by molar-refractivity contribution is -0.187. The fourth-order valence-electron chi connectivity index (χ4n) is 4.86. The number of allylic oxidation sites excluding steroid dienone is 1. The number of nitrogens with zero attached hydrogens (tertiary/aromatic N) is 4. The third-order valence-electron chi connectivity index (χ3n) is 6.90. The number of aromatic nitrogens is 1. The SMILES string of the molecule is Cc1ccc(C2C=Cc3cc(C(=O)N4CC(N5CCN(C(=O)C(F)(F)F)CC5)C4)ccc32)nc1. The average molecular weight is 470 g/mol. The number of hydrogen-bond acceptors (Lipinski definition) is 4. The van der Waals surface area contributed by atoms with Crippen LogP contribution in [-0.4, -0.2) is 83.0 Å². The maximum atomic E-state index is 13.0. The molecule has 1 aromatic carbocycles. The highest BCUT2D eigenvalue weighted by molar-refractivity contribution is 5.96. The van der Waals surface area contributed by atoms with Crippen LogP contribution in [0.3, 0.4) is 0 Å². The molecule has 178 valence electrons. The zero-order valence-corrected chi connectivity index (χ0v) is 18.8. The largest absolute Gasteiger partial charge is 0.471 e. The van der Waals surface area contributed by atoms with Crippen molar-refractivity contribution in [2.75, 3.05) is 39.3 Å². The summed E-state index contributed by atoms with van der Waals surface area (Å²) in [4.78, 5) is 33.6. The number of piperazine rings is 1. The topological polar surface area (TPSA) is 56.8 Å². The summed E-state index contributed by atoms with van der Waals surface area (Å²) in [7, 11) is 0. The molecule has 2 amide bonds. The number of fused-ring (bicyclic) bond motifs is 1. The van der Waals surface area contributed by atoms with Gasteiger partial charge in [-0.15, -0.1) is 0 Å². The molecule has 1 unspecified atom stereocenters. The van der Waals surface area contributed by atoms with Crippen LogP contribution >= 0.6 is 0 Å². The molecule has 1 atom stereocenters.